The lowest BCUT2D eigenvalue weighted by Crippen LogP contribution is -1.95. The summed E-state index contributed by atoms with van der Waals surface area (Å²) in [6, 6.07) is 10.1. The lowest BCUT2D eigenvalue weighted by Gasteiger charge is -2.09. The van der Waals surface area contributed by atoms with E-state index in [9.17, 15) is 10.1 Å². The van der Waals surface area contributed by atoms with Crippen molar-refractivity contribution in [1.29, 1.82) is 0 Å². The summed E-state index contributed by atoms with van der Waals surface area (Å²) in [6.07, 6.45) is 0. The number of nitro groups is 1. The van der Waals surface area contributed by atoms with E-state index in [0.29, 0.717) is 11.5 Å². The zero-order valence-corrected chi connectivity index (χ0v) is 14.2. The van der Waals surface area contributed by atoms with Crippen LogP contribution in [-0.4, -0.2) is 12.0 Å². The molecule has 0 saturated carbocycles. The van der Waals surface area contributed by atoms with Crippen LogP contribution in [0.15, 0.2) is 40.9 Å². The quantitative estimate of drug-likeness (QED) is 0.388. The van der Waals surface area contributed by atoms with Gasteiger partial charge in [-0.2, -0.15) is 0 Å². The zero-order valence-electron chi connectivity index (χ0n) is 11.0. The molecule has 110 valence electrons. The lowest BCUT2D eigenvalue weighted by atomic mass is 10.2. The second-order valence-electron chi connectivity index (χ2n) is 4.09. The van der Waals surface area contributed by atoms with Gasteiger partial charge in [-0.05, 0) is 45.8 Å². The molecule has 0 N–H and O–H groups in total. The monoisotopic (exact) mass is 415 g/mol. The van der Waals surface area contributed by atoms with Crippen LogP contribution in [0.1, 0.15) is 5.56 Å². The molecule has 21 heavy (non-hydrogen) atoms. The summed E-state index contributed by atoms with van der Waals surface area (Å²) in [5, 5.41) is 11.7. The number of nitrogens with zero attached hydrogens (tertiary/aromatic N) is 1. The fourth-order valence-corrected chi connectivity index (χ4v) is 2.57. The Bertz CT molecular complexity index is 676. The van der Waals surface area contributed by atoms with Crippen molar-refractivity contribution in [3.05, 3.63) is 56.5 Å². The van der Waals surface area contributed by atoms with E-state index in [1.807, 2.05) is 12.1 Å². The van der Waals surface area contributed by atoms with Crippen LogP contribution in [0, 0.1) is 10.1 Å². The molecule has 2 aromatic carbocycles. The summed E-state index contributed by atoms with van der Waals surface area (Å²) in [4.78, 5) is 10.5. The second kappa shape index (κ2) is 6.91. The highest BCUT2D eigenvalue weighted by atomic mass is 79.9. The van der Waals surface area contributed by atoms with Gasteiger partial charge in [0, 0.05) is 5.33 Å². The Morgan fingerprint density at radius 2 is 1.90 bits per heavy atom. The molecule has 0 heterocycles. The molecule has 0 aliphatic rings. The number of rotatable bonds is 5. The molecular weight excluding hydrogens is 406 g/mol. The minimum atomic E-state index is -0.505. The molecule has 0 bridgehead atoms. The lowest BCUT2D eigenvalue weighted by molar-refractivity contribution is -0.385. The summed E-state index contributed by atoms with van der Waals surface area (Å²) in [6.45, 7) is 0. The number of nitro benzene ring substituents is 1. The van der Waals surface area contributed by atoms with Crippen molar-refractivity contribution < 1.29 is 14.4 Å². The van der Waals surface area contributed by atoms with Crippen molar-refractivity contribution in [2.75, 3.05) is 7.11 Å². The summed E-state index contributed by atoms with van der Waals surface area (Å²) < 4.78 is 11.4. The van der Waals surface area contributed by atoms with Crippen LogP contribution >= 0.6 is 31.9 Å². The number of hydrogen-bond donors (Lipinski definition) is 0. The molecule has 0 fully saturated rings. The number of benzene rings is 2. The molecule has 0 aliphatic carbocycles. The summed E-state index contributed by atoms with van der Waals surface area (Å²) in [5.74, 6) is 1.15. The standard InChI is InChI=1S/C14H11Br2NO4/c1-20-14-5-3-10(7-12(14)17(18)19)21-13-4-2-9(8-15)6-11(13)16/h2-7H,8H2,1H3. The van der Waals surface area contributed by atoms with Gasteiger partial charge in [0.15, 0.2) is 5.75 Å². The average Bonchev–Trinajstić information content (AvgIpc) is 2.49. The van der Waals surface area contributed by atoms with Gasteiger partial charge in [-0.3, -0.25) is 10.1 Å². The van der Waals surface area contributed by atoms with Crippen LogP contribution in [0.5, 0.6) is 17.2 Å². The first-order valence-corrected chi connectivity index (χ1v) is 7.81. The van der Waals surface area contributed by atoms with Gasteiger partial charge in [-0.25, -0.2) is 0 Å². The Morgan fingerprint density at radius 1 is 1.19 bits per heavy atom. The molecule has 0 radical (unpaired) electrons. The predicted octanol–water partition coefficient (Wildman–Crippen LogP) is 5.05. The fourth-order valence-electron chi connectivity index (χ4n) is 1.71. The highest BCUT2D eigenvalue weighted by Gasteiger charge is 2.16. The van der Waals surface area contributed by atoms with Gasteiger partial charge in [-0.1, -0.05) is 22.0 Å². The van der Waals surface area contributed by atoms with Crippen molar-refractivity contribution in [2.24, 2.45) is 0 Å². The second-order valence-corrected chi connectivity index (χ2v) is 5.51. The molecule has 0 atom stereocenters. The van der Waals surface area contributed by atoms with Gasteiger partial charge in [0.25, 0.3) is 0 Å². The van der Waals surface area contributed by atoms with Crippen molar-refractivity contribution in [2.45, 2.75) is 5.33 Å². The van der Waals surface area contributed by atoms with E-state index >= 15 is 0 Å². The average molecular weight is 417 g/mol. The molecule has 2 rings (SSSR count). The van der Waals surface area contributed by atoms with Gasteiger partial charge >= 0.3 is 5.69 Å². The summed E-state index contributed by atoms with van der Waals surface area (Å²) in [7, 11) is 1.39. The van der Waals surface area contributed by atoms with Gasteiger partial charge in [0.05, 0.1) is 22.6 Å². The number of halogens is 2. The normalized spacial score (nSPS) is 10.2. The van der Waals surface area contributed by atoms with Crippen LogP contribution in [0.4, 0.5) is 5.69 Å². The Hall–Kier alpha value is -1.60. The van der Waals surface area contributed by atoms with E-state index in [1.54, 1.807) is 12.1 Å². The predicted molar refractivity (Wildman–Crippen MR) is 86.5 cm³/mol. The largest absolute Gasteiger partial charge is 0.490 e. The number of alkyl halides is 1. The third-order valence-corrected chi connectivity index (χ3v) is 3.99. The first-order chi connectivity index (χ1) is 10.0. The molecule has 0 spiro atoms. The van der Waals surface area contributed by atoms with E-state index in [1.165, 1.54) is 19.2 Å². The third kappa shape index (κ3) is 3.74. The minimum Gasteiger partial charge on any atom is -0.490 e. The molecule has 0 unspecified atom stereocenters. The van der Waals surface area contributed by atoms with Crippen molar-refractivity contribution in [1.82, 2.24) is 0 Å². The Labute approximate surface area is 138 Å². The summed E-state index contributed by atoms with van der Waals surface area (Å²) >= 11 is 6.79. The maximum absolute atomic E-state index is 11.0. The Morgan fingerprint density at radius 3 is 2.48 bits per heavy atom. The number of methoxy groups -OCH3 is 1. The summed E-state index contributed by atoms with van der Waals surface area (Å²) in [5.41, 5.74) is 0.957. The maximum atomic E-state index is 11.0. The third-order valence-electron chi connectivity index (χ3n) is 2.73. The molecule has 0 amide bonds. The van der Waals surface area contributed by atoms with E-state index in [4.69, 9.17) is 9.47 Å². The van der Waals surface area contributed by atoms with Gasteiger partial charge in [-0.15, -0.1) is 0 Å². The van der Waals surface area contributed by atoms with E-state index < -0.39 is 4.92 Å². The first-order valence-electron chi connectivity index (χ1n) is 5.90. The van der Waals surface area contributed by atoms with Crippen molar-refractivity contribution >= 4 is 37.5 Å². The smallest absolute Gasteiger partial charge is 0.314 e. The topological polar surface area (TPSA) is 61.6 Å². The van der Waals surface area contributed by atoms with E-state index in [-0.39, 0.29) is 11.4 Å². The van der Waals surface area contributed by atoms with Crippen LogP contribution in [0.2, 0.25) is 0 Å². The molecule has 0 aliphatic heterocycles. The molecule has 0 aromatic heterocycles. The first kappa shape index (κ1) is 15.8. The van der Waals surface area contributed by atoms with Gasteiger partial charge in [0.2, 0.25) is 0 Å². The highest BCUT2D eigenvalue weighted by molar-refractivity contribution is 9.10. The van der Waals surface area contributed by atoms with Gasteiger partial charge in [0.1, 0.15) is 11.5 Å². The molecule has 5 nitrogen and oxygen atoms in total. The van der Waals surface area contributed by atoms with Crippen LogP contribution in [-0.2, 0) is 5.33 Å². The van der Waals surface area contributed by atoms with E-state index in [2.05, 4.69) is 31.9 Å². The van der Waals surface area contributed by atoms with Crippen LogP contribution in [0.3, 0.4) is 0 Å². The molecule has 2 aromatic rings. The van der Waals surface area contributed by atoms with Gasteiger partial charge < -0.3 is 9.47 Å². The number of ether oxygens (including phenoxy) is 2. The zero-order chi connectivity index (χ0) is 15.4. The molecule has 0 saturated heterocycles. The van der Waals surface area contributed by atoms with Crippen LogP contribution < -0.4 is 9.47 Å². The Kier molecular flexibility index (Phi) is 5.19. The van der Waals surface area contributed by atoms with Crippen molar-refractivity contribution in [3.63, 3.8) is 0 Å². The number of hydrogen-bond acceptors (Lipinski definition) is 4. The van der Waals surface area contributed by atoms with Crippen molar-refractivity contribution in [3.8, 4) is 17.2 Å². The Balaban J connectivity index is 2.31. The van der Waals surface area contributed by atoms with Crippen LogP contribution in [0.25, 0.3) is 0 Å². The molecule has 7 heteroatoms. The highest BCUT2D eigenvalue weighted by Crippen LogP contribution is 2.35. The molecular formula is C14H11Br2NO4. The maximum Gasteiger partial charge on any atom is 0.314 e. The fraction of sp³-hybridized carbons (Fsp3) is 0.143. The van der Waals surface area contributed by atoms with E-state index in [0.717, 1.165) is 15.4 Å². The minimum absolute atomic E-state index is 0.136. The SMILES string of the molecule is COc1ccc(Oc2ccc(CBr)cc2Br)cc1[N+](=O)[O-].